The van der Waals surface area contributed by atoms with Crippen molar-refractivity contribution in [3.63, 3.8) is 0 Å². The van der Waals surface area contributed by atoms with Gasteiger partial charge < -0.3 is 19.5 Å². The van der Waals surface area contributed by atoms with Gasteiger partial charge in [-0.3, -0.25) is 9.10 Å². The molecule has 0 aliphatic heterocycles. The van der Waals surface area contributed by atoms with E-state index < -0.39 is 22.5 Å². The molecule has 0 aliphatic carbocycles. The highest BCUT2D eigenvalue weighted by molar-refractivity contribution is 7.92. The maximum atomic E-state index is 12.9. The van der Waals surface area contributed by atoms with E-state index in [1.54, 1.807) is 25.3 Å². The average Bonchev–Trinajstić information content (AvgIpc) is 2.75. The van der Waals surface area contributed by atoms with Gasteiger partial charge in [0.2, 0.25) is 15.9 Å². The smallest absolute Gasteiger partial charge is 0.241 e. The third-order valence-electron chi connectivity index (χ3n) is 5.43. The second-order valence-corrected chi connectivity index (χ2v) is 10.1. The molecular formula is C24H34N2O6S. The number of anilines is 1. The zero-order chi connectivity index (χ0) is 24.9. The zero-order valence-corrected chi connectivity index (χ0v) is 21.4. The average molecular weight is 479 g/mol. The Labute approximate surface area is 196 Å². The molecule has 8 nitrogen and oxygen atoms in total. The number of sulfonamides is 1. The monoisotopic (exact) mass is 478 g/mol. The number of benzene rings is 2. The molecule has 1 amide bonds. The molecule has 0 saturated heterocycles. The fourth-order valence-electron chi connectivity index (χ4n) is 3.68. The van der Waals surface area contributed by atoms with Gasteiger partial charge in [-0.2, -0.15) is 0 Å². The van der Waals surface area contributed by atoms with E-state index in [1.165, 1.54) is 14.2 Å². The van der Waals surface area contributed by atoms with Crippen LogP contribution in [0.4, 0.5) is 5.69 Å². The van der Waals surface area contributed by atoms with E-state index in [0.717, 1.165) is 33.0 Å². The molecule has 0 fully saturated rings. The van der Waals surface area contributed by atoms with Crippen molar-refractivity contribution in [2.75, 3.05) is 38.4 Å². The van der Waals surface area contributed by atoms with E-state index in [4.69, 9.17) is 14.2 Å². The minimum absolute atomic E-state index is 0.241. The first-order chi connectivity index (χ1) is 15.4. The highest BCUT2D eigenvalue weighted by Gasteiger charge is 2.25. The van der Waals surface area contributed by atoms with Crippen molar-refractivity contribution in [1.82, 2.24) is 5.32 Å². The predicted molar refractivity (Wildman–Crippen MR) is 130 cm³/mol. The van der Waals surface area contributed by atoms with Gasteiger partial charge in [0.05, 0.1) is 39.3 Å². The molecule has 0 aliphatic rings. The van der Waals surface area contributed by atoms with E-state index in [0.29, 0.717) is 5.75 Å². The molecule has 33 heavy (non-hydrogen) atoms. The maximum Gasteiger partial charge on any atom is 0.241 e. The molecule has 1 unspecified atom stereocenters. The second-order valence-electron chi connectivity index (χ2n) is 8.20. The van der Waals surface area contributed by atoms with Gasteiger partial charge in [-0.05, 0) is 60.7 Å². The number of amides is 1. The van der Waals surface area contributed by atoms with Crippen LogP contribution in [0.25, 0.3) is 0 Å². The lowest BCUT2D eigenvalue weighted by atomic mass is 9.93. The zero-order valence-electron chi connectivity index (χ0n) is 20.6. The van der Waals surface area contributed by atoms with Gasteiger partial charge in [-0.25, -0.2) is 8.42 Å². The highest BCUT2D eigenvalue weighted by Crippen LogP contribution is 2.34. The first kappa shape index (κ1) is 26.3. The van der Waals surface area contributed by atoms with Gasteiger partial charge in [0, 0.05) is 6.07 Å². The Kier molecular flexibility index (Phi) is 8.60. The lowest BCUT2D eigenvalue weighted by Gasteiger charge is -2.26. The summed E-state index contributed by atoms with van der Waals surface area (Å²) in [5.41, 5.74) is 3.22. The number of hydrogen-bond acceptors (Lipinski definition) is 6. The minimum Gasteiger partial charge on any atom is -0.497 e. The Morgan fingerprint density at radius 1 is 0.970 bits per heavy atom. The molecule has 2 aromatic carbocycles. The first-order valence-electron chi connectivity index (χ1n) is 10.6. The molecule has 0 heterocycles. The summed E-state index contributed by atoms with van der Waals surface area (Å²) in [7, 11) is 0.806. The molecule has 2 aromatic rings. The number of rotatable bonds is 10. The maximum absolute atomic E-state index is 12.9. The molecule has 0 bridgehead atoms. The number of aryl methyl sites for hydroxylation is 1. The molecular weight excluding hydrogens is 444 g/mol. The summed E-state index contributed by atoms with van der Waals surface area (Å²) in [6, 6.07) is 8.40. The Hall–Kier alpha value is -2.94. The van der Waals surface area contributed by atoms with Crippen molar-refractivity contribution in [2.45, 2.75) is 39.7 Å². The van der Waals surface area contributed by atoms with Crippen molar-refractivity contribution in [3.8, 4) is 17.2 Å². The van der Waals surface area contributed by atoms with Gasteiger partial charge in [0.25, 0.3) is 0 Å². The van der Waals surface area contributed by atoms with Crippen molar-refractivity contribution in [2.24, 2.45) is 0 Å². The number of nitrogens with zero attached hydrogens (tertiary/aromatic N) is 1. The van der Waals surface area contributed by atoms with E-state index in [-0.39, 0.29) is 23.4 Å². The number of ether oxygens (including phenoxy) is 3. The summed E-state index contributed by atoms with van der Waals surface area (Å²) in [6.07, 6.45) is 1.05. The third-order valence-corrected chi connectivity index (χ3v) is 6.55. The number of hydrogen-bond donors (Lipinski definition) is 1. The SMILES string of the molecule is COc1ccc(N(CC(=O)NC(C)c2cc(C(C)C)c(OC)cc2C)S(C)(=O)=O)c(OC)c1. The van der Waals surface area contributed by atoms with Crippen LogP contribution >= 0.6 is 0 Å². The second kappa shape index (κ2) is 10.8. The van der Waals surface area contributed by atoms with Crippen LogP contribution in [0.5, 0.6) is 17.2 Å². The van der Waals surface area contributed by atoms with Gasteiger partial charge in [0.15, 0.2) is 0 Å². The van der Waals surface area contributed by atoms with Gasteiger partial charge in [-0.1, -0.05) is 13.8 Å². The normalized spacial score (nSPS) is 12.3. The van der Waals surface area contributed by atoms with E-state index in [2.05, 4.69) is 19.2 Å². The van der Waals surface area contributed by atoms with Crippen LogP contribution in [0, 0.1) is 6.92 Å². The Bertz CT molecular complexity index is 1100. The van der Waals surface area contributed by atoms with Gasteiger partial charge in [-0.15, -0.1) is 0 Å². The summed E-state index contributed by atoms with van der Waals surface area (Å²) in [5, 5.41) is 2.92. The topological polar surface area (TPSA) is 94.2 Å². The van der Waals surface area contributed by atoms with Crippen LogP contribution in [0.15, 0.2) is 30.3 Å². The van der Waals surface area contributed by atoms with E-state index in [9.17, 15) is 13.2 Å². The fourth-order valence-corrected chi connectivity index (χ4v) is 4.54. The number of nitrogens with one attached hydrogen (secondary N) is 1. The molecule has 0 saturated carbocycles. The third kappa shape index (κ3) is 6.31. The fraction of sp³-hybridized carbons (Fsp3) is 0.458. The van der Waals surface area contributed by atoms with Crippen LogP contribution in [0.3, 0.4) is 0 Å². The van der Waals surface area contributed by atoms with Crippen LogP contribution in [-0.2, 0) is 14.8 Å². The number of carbonyl (C=O) groups is 1. The van der Waals surface area contributed by atoms with Crippen LogP contribution in [0.1, 0.15) is 49.4 Å². The highest BCUT2D eigenvalue weighted by atomic mass is 32.2. The van der Waals surface area contributed by atoms with Crippen molar-refractivity contribution < 1.29 is 27.4 Å². The molecule has 2 rings (SSSR count). The van der Waals surface area contributed by atoms with Crippen molar-refractivity contribution >= 4 is 21.6 Å². The van der Waals surface area contributed by atoms with Gasteiger partial charge >= 0.3 is 0 Å². The van der Waals surface area contributed by atoms with Crippen molar-refractivity contribution in [1.29, 1.82) is 0 Å². The summed E-state index contributed by atoms with van der Waals surface area (Å²) >= 11 is 0. The van der Waals surface area contributed by atoms with Gasteiger partial charge in [0.1, 0.15) is 23.8 Å². The minimum atomic E-state index is -3.77. The van der Waals surface area contributed by atoms with Crippen LogP contribution in [-0.4, -0.2) is 48.5 Å². The quantitative estimate of drug-likeness (QED) is 0.558. The lowest BCUT2D eigenvalue weighted by molar-refractivity contribution is -0.120. The summed E-state index contributed by atoms with van der Waals surface area (Å²) in [4.78, 5) is 12.9. The Balaban J connectivity index is 2.32. The molecule has 1 N–H and O–H groups in total. The molecule has 0 spiro atoms. The molecule has 0 radical (unpaired) electrons. The predicted octanol–water partition coefficient (Wildman–Crippen LogP) is 3.79. The summed E-state index contributed by atoms with van der Waals surface area (Å²) < 4.78 is 42.1. The number of carbonyl (C=O) groups excluding carboxylic acids is 1. The van der Waals surface area contributed by atoms with Crippen LogP contribution in [0.2, 0.25) is 0 Å². The molecule has 0 aromatic heterocycles. The molecule has 1 atom stereocenters. The molecule has 182 valence electrons. The van der Waals surface area contributed by atoms with E-state index >= 15 is 0 Å². The van der Waals surface area contributed by atoms with Crippen molar-refractivity contribution in [3.05, 3.63) is 47.0 Å². The van der Waals surface area contributed by atoms with E-state index in [1.807, 2.05) is 26.0 Å². The Morgan fingerprint density at radius 2 is 1.61 bits per heavy atom. The lowest BCUT2D eigenvalue weighted by Crippen LogP contribution is -2.41. The summed E-state index contributed by atoms with van der Waals surface area (Å²) in [6.45, 7) is 7.59. The summed E-state index contributed by atoms with van der Waals surface area (Å²) in [5.74, 6) is 1.41. The van der Waals surface area contributed by atoms with Crippen LogP contribution < -0.4 is 23.8 Å². The first-order valence-corrected chi connectivity index (χ1v) is 12.4. The largest absolute Gasteiger partial charge is 0.497 e. The standard InChI is InChI=1S/C24H34N2O6S/c1-15(2)19-13-20(16(3)11-22(19)31-6)17(4)25-24(27)14-26(33(8,28)29)21-10-9-18(30-5)12-23(21)32-7/h9-13,15,17H,14H2,1-8H3,(H,25,27). The number of methoxy groups -OCH3 is 3. The molecule has 9 heteroatoms. The Morgan fingerprint density at radius 3 is 2.12 bits per heavy atom.